The maximum Gasteiger partial charge on any atom is 0.317 e. The van der Waals surface area contributed by atoms with E-state index in [1.165, 1.54) is 0 Å². The molecule has 2 rings (SSSR count). The SMILES string of the molecule is NC(=S)c1cc(Br)ccc1OCCN1CCNC1=O. The predicted molar refractivity (Wildman–Crippen MR) is 80.5 cm³/mol. The van der Waals surface area contributed by atoms with Crippen molar-refractivity contribution in [2.45, 2.75) is 0 Å². The van der Waals surface area contributed by atoms with Crippen LogP contribution in [0.25, 0.3) is 0 Å². The highest BCUT2D eigenvalue weighted by Crippen LogP contribution is 2.23. The first kappa shape index (κ1) is 14.1. The van der Waals surface area contributed by atoms with Crippen LogP contribution in [0.2, 0.25) is 0 Å². The molecule has 1 aromatic rings. The molecule has 2 amide bonds. The molecule has 7 heteroatoms. The number of urea groups is 1. The molecule has 19 heavy (non-hydrogen) atoms. The first-order valence-electron chi connectivity index (χ1n) is 5.83. The molecule has 0 spiro atoms. The van der Waals surface area contributed by atoms with E-state index < -0.39 is 0 Å². The van der Waals surface area contributed by atoms with Gasteiger partial charge in [-0.25, -0.2) is 4.79 Å². The minimum Gasteiger partial charge on any atom is -0.491 e. The number of benzene rings is 1. The summed E-state index contributed by atoms with van der Waals surface area (Å²) in [6, 6.07) is 5.44. The Balaban J connectivity index is 1.95. The van der Waals surface area contributed by atoms with Crippen molar-refractivity contribution < 1.29 is 9.53 Å². The molecule has 0 atom stereocenters. The Kier molecular flexibility index (Phi) is 4.60. The van der Waals surface area contributed by atoms with E-state index in [1.54, 1.807) is 4.90 Å². The number of ether oxygens (including phenoxy) is 1. The number of thiocarbonyl (C=S) groups is 1. The molecule has 1 aliphatic heterocycles. The average molecular weight is 344 g/mol. The smallest absolute Gasteiger partial charge is 0.317 e. The lowest BCUT2D eigenvalue weighted by Crippen LogP contribution is -2.32. The molecule has 0 aliphatic carbocycles. The lowest BCUT2D eigenvalue weighted by Gasteiger charge is -2.16. The summed E-state index contributed by atoms with van der Waals surface area (Å²) in [7, 11) is 0. The van der Waals surface area contributed by atoms with Crippen LogP contribution < -0.4 is 15.8 Å². The Morgan fingerprint density at radius 3 is 3.00 bits per heavy atom. The lowest BCUT2D eigenvalue weighted by atomic mass is 10.2. The van der Waals surface area contributed by atoms with Gasteiger partial charge in [-0.3, -0.25) is 0 Å². The van der Waals surface area contributed by atoms with Crippen LogP contribution in [0.3, 0.4) is 0 Å². The van der Waals surface area contributed by atoms with Gasteiger partial charge in [0.15, 0.2) is 0 Å². The molecule has 1 aromatic carbocycles. The van der Waals surface area contributed by atoms with Gasteiger partial charge in [-0.15, -0.1) is 0 Å². The molecule has 0 saturated carbocycles. The monoisotopic (exact) mass is 343 g/mol. The van der Waals surface area contributed by atoms with E-state index in [2.05, 4.69) is 21.2 Å². The first-order chi connectivity index (χ1) is 9.08. The number of amides is 2. The molecular weight excluding hydrogens is 330 g/mol. The van der Waals surface area contributed by atoms with Crippen molar-refractivity contribution in [1.82, 2.24) is 10.2 Å². The standard InChI is InChI=1S/C12H14BrN3O2S/c13-8-1-2-10(9(7-8)11(14)19)18-6-5-16-4-3-15-12(16)17/h1-2,7H,3-6H2,(H2,14,19)(H,15,17). The molecule has 5 nitrogen and oxygen atoms in total. The quantitative estimate of drug-likeness (QED) is 0.795. The van der Waals surface area contributed by atoms with E-state index in [4.69, 9.17) is 22.7 Å². The van der Waals surface area contributed by atoms with E-state index in [-0.39, 0.29) is 11.0 Å². The number of hydrogen-bond donors (Lipinski definition) is 2. The highest BCUT2D eigenvalue weighted by Gasteiger charge is 2.19. The minimum atomic E-state index is -0.0472. The average Bonchev–Trinajstić information content (AvgIpc) is 2.77. The molecular formula is C12H14BrN3O2S. The number of halogens is 1. The van der Waals surface area contributed by atoms with Gasteiger partial charge in [0.05, 0.1) is 12.1 Å². The Hall–Kier alpha value is -1.34. The van der Waals surface area contributed by atoms with E-state index >= 15 is 0 Å². The Labute approximate surface area is 125 Å². The van der Waals surface area contributed by atoms with Crippen LogP contribution in [0.4, 0.5) is 4.79 Å². The normalized spacial score (nSPS) is 14.4. The number of rotatable bonds is 5. The van der Waals surface area contributed by atoms with Crippen molar-refractivity contribution in [2.75, 3.05) is 26.2 Å². The van der Waals surface area contributed by atoms with Crippen LogP contribution in [0, 0.1) is 0 Å². The number of carbonyl (C=O) groups is 1. The molecule has 0 aromatic heterocycles. The van der Waals surface area contributed by atoms with Gasteiger partial charge in [0.2, 0.25) is 0 Å². The second-order valence-electron chi connectivity index (χ2n) is 4.07. The summed E-state index contributed by atoms with van der Waals surface area (Å²) in [5.74, 6) is 0.635. The summed E-state index contributed by atoms with van der Waals surface area (Å²) in [5, 5.41) is 2.74. The molecule has 1 fully saturated rings. The maximum absolute atomic E-state index is 11.3. The van der Waals surface area contributed by atoms with E-state index in [9.17, 15) is 4.79 Å². The zero-order chi connectivity index (χ0) is 13.8. The Morgan fingerprint density at radius 2 is 2.37 bits per heavy atom. The molecule has 0 bridgehead atoms. The van der Waals surface area contributed by atoms with Crippen LogP contribution in [0.5, 0.6) is 5.75 Å². The maximum atomic E-state index is 11.3. The fourth-order valence-electron chi connectivity index (χ4n) is 1.81. The van der Waals surface area contributed by atoms with Gasteiger partial charge in [-0.1, -0.05) is 28.1 Å². The highest BCUT2D eigenvalue weighted by molar-refractivity contribution is 9.10. The summed E-state index contributed by atoms with van der Waals surface area (Å²) in [6.07, 6.45) is 0. The van der Waals surface area contributed by atoms with Crippen molar-refractivity contribution in [2.24, 2.45) is 5.73 Å². The van der Waals surface area contributed by atoms with E-state index in [1.807, 2.05) is 18.2 Å². The minimum absolute atomic E-state index is 0.0472. The lowest BCUT2D eigenvalue weighted by molar-refractivity contribution is 0.202. The zero-order valence-electron chi connectivity index (χ0n) is 10.2. The summed E-state index contributed by atoms with van der Waals surface area (Å²) in [4.78, 5) is 13.3. The van der Waals surface area contributed by atoms with Crippen LogP contribution in [-0.4, -0.2) is 42.2 Å². The number of carbonyl (C=O) groups excluding carboxylic acids is 1. The van der Waals surface area contributed by atoms with Crippen LogP contribution in [-0.2, 0) is 0 Å². The fraction of sp³-hybridized carbons (Fsp3) is 0.333. The van der Waals surface area contributed by atoms with Gasteiger partial charge in [0.25, 0.3) is 0 Å². The van der Waals surface area contributed by atoms with E-state index in [0.717, 1.165) is 4.47 Å². The summed E-state index contributed by atoms with van der Waals surface area (Å²) in [6.45, 7) is 2.35. The molecule has 0 unspecified atom stereocenters. The third kappa shape index (κ3) is 3.57. The van der Waals surface area contributed by atoms with Crippen molar-refractivity contribution in [3.8, 4) is 5.75 Å². The first-order valence-corrected chi connectivity index (χ1v) is 7.03. The third-order valence-corrected chi connectivity index (χ3v) is 3.48. The fourth-order valence-corrected chi connectivity index (χ4v) is 2.33. The van der Waals surface area contributed by atoms with Gasteiger partial charge in [-0.05, 0) is 18.2 Å². The number of hydrogen-bond acceptors (Lipinski definition) is 3. The molecule has 1 saturated heterocycles. The summed E-state index contributed by atoms with van der Waals surface area (Å²) in [5.41, 5.74) is 6.35. The van der Waals surface area contributed by atoms with Crippen LogP contribution in [0.15, 0.2) is 22.7 Å². The summed E-state index contributed by atoms with van der Waals surface area (Å²) < 4.78 is 6.54. The van der Waals surface area contributed by atoms with Gasteiger partial charge in [0.1, 0.15) is 17.3 Å². The topological polar surface area (TPSA) is 67.6 Å². The van der Waals surface area contributed by atoms with Crippen LogP contribution in [0.1, 0.15) is 5.56 Å². The van der Waals surface area contributed by atoms with Gasteiger partial charge >= 0.3 is 6.03 Å². The molecule has 3 N–H and O–H groups in total. The molecule has 0 radical (unpaired) electrons. The van der Waals surface area contributed by atoms with Crippen molar-refractivity contribution >= 4 is 39.2 Å². The number of nitrogens with two attached hydrogens (primary N) is 1. The second kappa shape index (κ2) is 6.21. The summed E-state index contributed by atoms with van der Waals surface area (Å²) >= 11 is 8.35. The highest BCUT2D eigenvalue weighted by atomic mass is 79.9. The second-order valence-corrected chi connectivity index (χ2v) is 5.43. The van der Waals surface area contributed by atoms with Gasteiger partial charge in [-0.2, -0.15) is 0 Å². The van der Waals surface area contributed by atoms with E-state index in [0.29, 0.717) is 37.6 Å². The molecule has 1 heterocycles. The Bertz CT molecular complexity index is 510. The van der Waals surface area contributed by atoms with Crippen molar-refractivity contribution in [3.05, 3.63) is 28.2 Å². The predicted octanol–water partition coefficient (Wildman–Crippen LogP) is 1.49. The largest absolute Gasteiger partial charge is 0.491 e. The van der Waals surface area contributed by atoms with Gasteiger partial charge < -0.3 is 20.7 Å². The zero-order valence-corrected chi connectivity index (χ0v) is 12.6. The van der Waals surface area contributed by atoms with Crippen LogP contribution >= 0.6 is 28.1 Å². The number of nitrogens with one attached hydrogen (secondary N) is 1. The van der Waals surface area contributed by atoms with Gasteiger partial charge in [0, 0.05) is 17.6 Å². The van der Waals surface area contributed by atoms with Crippen molar-refractivity contribution in [3.63, 3.8) is 0 Å². The van der Waals surface area contributed by atoms with Crippen molar-refractivity contribution in [1.29, 1.82) is 0 Å². The molecule has 1 aliphatic rings. The molecule has 102 valence electrons. The number of nitrogens with zero attached hydrogens (tertiary/aromatic N) is 1. The Morgan fingerprint density at radius 1 is 1.58 bits per heavy atom. The third-order valence-electron chi connectivity index (χ3n) is 2.77.